The summed E-state index contributed by atoms with van der Waals surface area (Å²) in [6.45, 7) is 2.10. The Balaban J connectivity index is 1.84. The summed E-state index contributed by atoms with van der Waals surface area (Å²) in [6.07, 6.45) is 1.72. The van der Waals surface area contributed by atoms with E-state index >= 15 is 0 Å². The molecule has 3 aromatic rings. The summed E-state index contributed by atoms with van der Waals surface area (Å²) in [7, 11) is -2.05. The van der Waals surface area contributed by atoms with Gasteiger partial charge in [-0.25, -0.2) is 12.8 Å². The molecule has 0 radical (unpaired) electrons. The molecule has 0 aliphatic rings. The lowest BCUT2D eigenvalue weighted by Gasteiger charge is -2.31. The normalized spacial score (nSPS) is 12.0. The van der Waals surface area contributed by atoms with Crippen molar-refractivity contribution in [2.75, 3.05) is 24.2 Å². The maximum Gasteiger partial charge on any atom is 0.242 e. The molecule has 0 aliphatic carbocycles. The lowest BCUT2D eigenvalue weighted by atomic mass is 10.0. The third-order valence-electron chi connectivity index (χ3n) is 6.23. The van der Waals surface area contributed by atoms with Crippen LogP contribution in [-0.4, -0.2) is 51.0 Å². The predicted octanol–water partition coefficient (Wildman–Crippen LogP) is 4.07. The van der Waals surface area contributed by atoms with Crippen molar-refractivity contribution < 1.29 is 22.4 Å². The van der Waals surface area contributed by atoms with Gasteiger partial charge in [0.2, 0.25) is 21.8 Å². The second kappa shape index (κ2) is 13.2. The van der Waals surface area contributed by atoms with Crippen LogP contribution < -0.4 is 9.62 Å². The first-order valence-corrected chi connectivity index (χ1v) is 14.3. The monoisotopic (exact) mass is 539 g/mol. The topological polar surface area (TPSA) is 86.8 Å². The minimum absolute atomic E-state index is 0.0291. The average molecular weight is 540 g/mol. The summed E-state index contributed by atoms with van der Waals surface area (Å²) in [6, 6.07) is 21.6. The molecule has 3 rings (SSSR count). The van der Waals surface area contributed by atoms with E-state index in [0.717, 1.165) is 17.4 Å². The fourth-order valence-electron chi connectivity index (χ4n) is 4.29. The molecular weight excluding hydrogens is 505 g/mol. The van der Waals surface area contributed by atoms with Crippen molar-refractivity contribution in [2.45, 2.75) is 38.8 Å². The van der Waals surface area contributed by atoms with Crippen molar-refractivity contribution in [1.29, 1.82) is 0 Å². The maximum atomic E-state index is 13.6. The third kappa shape index (κ3) is 8.14. The largest absolute Gasteiger partial charge is 0.357 e. The minimum Gasteiger partial charge on any atom is -0.357 e. The molecule has 3 aromatic carbocycles. The molecule has 0 bridgehead atoms. The first-order valence-electron chi connectivity index (χ1n) is 12.4. The highest BCUT2D eigenvalue weighted by molar-refractivity contribution is 7.92. The number of benzene rings is 3. The van der Waals surface area contributed by atoms with Crippen molar-refractivity contribution in [2.24, 2.45) is 0 Å². The van der Waals surface area contributed by atoms with Crippen LogP contribution in [0.15, 0.2) is 78.9 Å². The molecule has 7 nitrogen and oxygen atoms in total. The molecule has 0 fully saturated rings. The second-order valence-corrected chi connectivity index (χ2v) is 11.2. The summed E-state index contributed by atoms with van der Waals surface area (Å²) < 4.78 is 39.8. The molecule has 9 heteroatoms. The van der Waals surface area contributed by atoms with E-state index in [4.69, 9.17) is 0 Å². The van der Waals surface area contributed by atoms with E-state index in [1.807, 2.05) is 43.3 Å². The quantitative estimate of drug-likeness (QED) is 0.376. The van der Waals surface area contributed by atoms with E-state index in [0.29, 0.717) is 17.7 Å². The van der Waals surface area contributed by atoms with Crippen molar-refractivity contribution in [3.05, 3.63) is 101 Å². The number of sulfonamides is 1. The van der Waals surface area contributed by atoms with E-state index in [9.17, 15) is 22.4 Å². The molecule has 2 amide bonds. The van der Waals surface area contributed by atoms with Gasteiger partial charge in [-0.3, -0.25) is 13.9 Å². The molecule has 0 spiro atoms. The highest BCUT2D eigenvalue weighted by atomic mass is 32.2. The Morgan fingerprint density at radius 3 is 2.24 bits per heavy atom. The number of nitrogens with zero attached hydrogens (tertiary/aromatic N) is 2. The van der Waals surface area contributed by atoms with Gasteiger partial charge in [-0.1, -0.05) is 54.6 Å². The number of nitrogens with one attached hydrogen (secondary N) is 1. The van der Waals surface area contributed by atoms with Crippen LogP contribution in [-0.2, 0) is 32.6 Å². The number of halogens is 1. The molecule has 0 saturated carbocycles. The van der Waals surface area contributed by atoms with Gasteiger partial charge in [-0.2, -0.15) is 0 Å². The average Bonchev–Trinajstić information content (AvgIpc) is 2.89. The van der Waals surface area contributed by atoms with Crippen LogP contribution in [0, 0.1) is 12.7 Å². The SMILES string of the molecule is CNC(=O)C(Cc1ccccc1)N(Cc1ccc(F)cc1)C(=O)CCCN(c1cccc(C)c1)S(C)(=O)=O. The van der Waals surface area contributed by atoms with Gasteiger partial charge in [-0.05, 0) is 54.3 Å². The predicted molar refractivity (Wildman–Crippen MR) is 148 cm³/mol. The fourth-order valence-corrected chi connectivity index (χ4v) is 5.25. The smallest absolute Gasteiger partial charge is 0.242 e. The molecular formula is C29H34FN3O4S. The van der Waals surface area contributed by atoms with Crippen LogP contribution in [0.5, 0.6) is 0 Å². The first kappa shape index (κ1) is 28.8. The second-order valence-electron chi connectivity index (χ2n) is 9.25. The summed E-state index contributed by atoms with van der Waals surface area (Å²) in [5.74, 6) is -1.01. The Labute approximate surface area is 224 Å². The van der Waals surface area contributed by atoms with E-state index in [1.54, 1.807) is 30.3 Å². The molecule has 1 N–H and O–H groups in total. The molecule has 0 aromatic heterocycles. The molecule has 0 aliphatic heterocycles. The number of hydrogen-bond acceptors (Lipinski definition) is 4. The van der Waals surface area contributed by atoms with Gasteiger partial charge in [-0.15, -0.1) is 0 Å². The van der Waals surface area contributed by atoms with Crippen molar-refractivity contribution in [3.8, 4) is 0 Å². The van der Waals surface area contributed by atoms with E-state index < -0.39 is 21.9 Å². The van der Waals surface area contributed by atoms with Crippen LogP contribution in [0.25, 0.3) is 0 Å². The molecule has 1 atom stereocenters. The van der Waals surface area contributed by atoms with Crippen molar-refractivity contribution in [3.63, 3.8) is 0 Å². The molecule has 202 valence electrons. The fraction of sp³-hybridized carbons (Fsp3) is 0.310. The number of carbonyl (C=O) groups is 2. The zero-order chi connectivity index (χ0) is 27.7. The van der Waals surface area contributed by atoms with Gasteiger partial charge in [0, 0.05) is 33.0 Å². The molecule has 0 saturated heterocycles. The van der Waals surface area contributed by atoms with Gasteiger partial charge in [0.25, 0.3) is 0 Å². The summed E-state index contributed by atoms with van der Waals surface area (Å²) in [5, 5.41) is 2.66. The Kier molecular flexibility index (Phi) is 10.0. The van der Waals surface area contributed by atoms with Crippen LogP contribution in [0.2, 0.25) is 0 Å². The minimum atomic E-state index is -3.57. The highest BCUT2D eigenvalue weighted by Gasteiger charge is 2.30. The summed E-state index contributed by atoms with van der Waals surface area (Å²) in [4.78, 5) is 28.1. The number of amides is 2. The molecule has 38 heavy (non-hydrogen) atoms. The summed E-state index contributed by atoms with van der Waals surface area (Å²) in [5.41, 5.74) is 3.03. The number of rotatable bonds is 12. The molecule has 0 heterocycles. The van der Waals surface area contributed by atoms with Gasteiger partial charge in [0.1, 0.15) is 11.9 Å². The maximum absolute atomic E-state index is 13.6. The van der Waals surface area contributed by atoms with Crippen LogP contribution >= 0.6 is 0 Å². The lowest BCUT2D eigenvalue weighted by molar-refractivity contribution is -0.141. The first-order chi connectivity index (χ1) is 18.1. The Morgan fingerprint density at radius 2 is 1.63 bits per heavy atom. The van der Waals surface area contributed by atoms with Gasteiger partial charge in [0.15, 0.2) is 0 Å². The standard InChI is InChI=1S/C29H34FN3O4S/c1-22-9-7-12-26(19-22)33(38(3,36)37)18-8-13-28(34)32(21-24-14-16-25(30)17-15-24)27(29(35)31-2)20-23-10-5-4-6-11-23/h4-7,9-12,14-17,19,27H,8,13,18,20-21H2,1-3H3,(H,31,35). The number of aryl methyl sites for hydroxylation is 1. The van der Waals surface area contributed by atoms with E-state index in [1.165, 1.54) is 28.4 Å². The third-order valence-corrected chi connectivity index (χ3v) is 7.42. The van der Waals surface area contributed by atoms with E-state index in [-0.39, 0.29) is 37.7 Å². The number of hydrogen-bond donors (Lipinski definition) is 1. The van der Waals surface area contributed by atoms with Crippen LogP contribution in [0.1, 0.15) is 29.5 Å². The zero-order valence-electron chi connectivity index (χ0n) is 21.9. The number of likely N-dealkylation sites (N-methyl/N-ethyl adjacent to an activating group) is 1. The van der Waals surface area contributed by atoms with Gasteiger partial charge >= 0.3 is 0 Å². The molecule has 1 unspecified atom stereocenters. The summed E-state index contributed by atoms with van der Waals surface area (Å²) >= 11 is 0. The highest BCUT2D eigenvalue weighted by Crippen LogP contribution is 2.21. The lowest BCUT2D eigenvalue weighted by Crippen LogP contribution is -2.49. The van der Waals surface area contributed by atoms with E-state index in [2.05, 4.69) is 5.32 Å². The number of anilines is 1. The van der Waals surface area contributed by atoms with Crippen molar-refractivity contribution >= 4 is 27.5 Å². The van der Waals surface area contributed by atoms with Gasteiger partial charge in [0.05, 0.1) is 11.9 Å². The van der Waals surface area contributed by atoms with Crippen LogP contribution in [0.4, 0.5) is 10.1 Å². The zero-order valence-corrected chi connectivity index (χ0v) is 22.7. The van der Waals surface area contributed by atoms with Crippen LogP contribution in [0.3, 0.4) is 0 Å². The Morgan fingerprint density at radius 1 is 0.947 bits per heavy atom. The Bertz CT molecular complexity index is 1330. The van der Waals surface area contributed by atoms with Gasteiger partial charge < -0.3 is 10.2 Å². The Hall–Kier alpha value is -3.72. The van der Waals surface area contributed by atoms with Crippen molar-refractivity contribution in [1.82, 2.24) is 10.2 Å². The number of carbonyl (C=O) groups excluding carboxylic acids is 2.